The van der Waals surface area contributed by atoms with Crippen LogP contribution in [-0.4, -0.2) is 29.4 Å². The molecular formula is C13H14F3NO4. The summed E-state index contributed by atoms with van der Waals surface area (Å²) in [5, 5.41) is 11.1. The van der Waals surface area contributed by atoms with Crippen molar-refractivity contribution in [3.63, 3.8) is 0 Å². The highest BCUT2D eigenvalue weighted by Gasteiger charge is 2.31. The van der Waals surface area contributed by atoms with Crippen LogP contribution in [0, 0.1) is 0 Å². The van der Waals surface area contributed by atoms with Crippen LogP contribution in [0.2, 0.25) is 0 Å². The lowest BCUT2D eigenvalue weighted by atomic mass is 10.1. The van der Waals surface area contributed by atoms with Gasteiger partial charge in [0.25, 0.3) is 0 Å². The molecule has 1 aromatic rings. The van der Waals surface area contributed by atoms with E-state index in [1.165, 1.54) is 12.1 Å². The van der Waals surface area contributed by atoms with Gasteiger partial charge in [-0.15, -0.1) is 13.2 Å². The summed E-state index contributed by atoms with van der Waals surface area (Å²) in [6, 6.07) is 3.81. The lowest BCUT2D eigenvalue weighted by Crippen LogP contribution is -2.40. The number of halogens is 3. The van der Waals surface area contributed by atoms with Crippen molar-refractivity contribution in [3.05, 3.63) is 29.8 Å². The predicted octanol–water partition coefficient (Wildman–Crippen LogP) is 2.11. The number of amides is 1. The van der Waals surface area contributed by atoms with E-state index < -0.39 is 24.3 Å². The van der Waals surface area contributed by atoms with Crippen molar-refractivity contribution >= 4 is 11.9 Å². The zero-order valence-corrected chi connectivity index (χ0v) is 11.1. The molecule has 0 spiro atoms. The van der Waals surface area contributed by atoms with Gasteiger partial charge in [-0.25, -0.2) is 4.79 Å². The zero-order chi connectivity index (χ0) is 16.0. The Morgan fingerprint density at radius 3 is 2.29 bits per heavy atom. The van der Waals surface area contributed by atoms with E-state index in [1.54, 1.807) is 6.92 Å². The SMILES string of the molecule is CCC(NC(=O)Cc1ccc(OC(F)(F)F)cc1)C(=O)O. The van der Waals surface area contributed by atoms with Crippen molar-refractivity contribution in [2.45, 2.75) is 32.2 Å². The van der Waals surface area contributed by atoms with Crippen LogP contribution < -0.4 is 10.1 Å². The number of hydrogen-bond acceptors (Lipinski definition) is 3. The van der Waals surface area contributed by atoms with Crippen molar-refractivity contribution in [1.29, 1.82) is 0 Å². The maximum absolute atomic E-state index is 12.0. The Morgan fingerprint density at radius 2 is 1.86 bits per heavy atom. The van der Waals surface area contributed by atoms with Gasteiger partial charge in [-0.3, -0.25) is 4.79 Å². The highest BCUT2D eigenvalue weighted by Crippen LogP contribution is 2.22. The van der Waals surface area contributed by atoms with Crippen LogP contribution in [0.4, 0.5) is 13.2 Å². The molecule has 2 N–H and O–H groups in total. The second-order valence-electron chi connectivity index (χ2n) is 4.24. The third kappa shape index (κ3) is 6.15. The first kappa shape index (κ1) is 16.8. The van der Waals surface area contributed by atoms with E-state index in [-0.39, 0.29) is 18.6 Å². The number of carboxylic acid groups (broad SMARTS) is 1. The highest BCUT2D eigenvalue weighted by molar-refractivity contribution is 5.84. The molecule has 0 heterocycles. The van der Waals surface area contributed by atoms with E-state index in [1.807, 2.05) is 0 Å². The molecule has 0 aliphatic heterocycles. The molecule has 1 atom stereocenters. The Hall–Kier alpha value is -2.25. The molecule has 0 bridgehead atoms. The van der Waals surface area contributed by atoms with Crippen molar-refractivity contribution in [3.8, 4) is 5.75 Å². The van der Waals surface area contributed by atoms with Gasteiger partial charge < -0.3 is 15.2 Å². The second-order valence-corrected chi connectivity index (χ2v) is 4.24. The molecule has 8 heteroatoms. The molecular weight excluding hydrogens is 291 g/mol. The average Bonchev–Trinajstić information content (AvgIpc) is 2.36. The summed E-state index contributed by atoms with van der Waals surface area (Å²) >= 11 is 0. The smallest absolute Gasteiger partial charge is 0.480 e. The minimum absolute atomic E-state index is 0.129. The molecule has 1 rings (SSSR count). The third-order valence-corrected chi connectivity index (χ3v) is 2.56. The maximum atomic E-state index is 12.0. The minimum Gasteiger partial charge on any atom is -0.480 e. The number of alkyl halides is 3. The molecule has 0 saturated heterocycles. The Kier molecular flexibility index (Phi) is 5.57. The van der Waals surface area contributed by atoms with E-state index in [4.69, 9.17) is 5.11 Å². The van der Waals surface area contributed by atoms with E-state index >= 15 is 0 Å². The quantitative estimate of drug-likeness (QED) is 0.844. The summed E-state index contributed by atoms with van der Waals surface area (Å²) in [6.07, 6.45) is -4.66. The van der Waals surface area contributed by atoms with Crippen molar-refractivity contribution in [1.82, 2.24) is 5.32 Å². The average molecular weight is 305 g/mol. The van der Waals surface area contributed by atoms with Crippen LogP contribution in [0.3, 0.4) is 0 Å². The number of hydrogen-bond donors (Lipinski definition) is 2. The number of carboxylic acids is 1. The van der Waals surface area contributed by atoms with Gasteiger partial charge in [0.05, 0.1) is 6.42 Å². The molecule has 0 aromatic heterocycles. The molecule has 21 heavy (non-hydrogen) atoms. The Labute approximate surface area is 118 Å². The van der Waals surface area contributed by atoms with Crippen LogP contribution in [0.5, 0.6) is 5.75 Å². The molecule has 0 aliphatic rings. The van der Waals surface area contributed by atoms with Crippen LogP contribution in [0.15, 0.2) is 24.3 Å². The predicted molar refractivity (Wildman–Crippen MR) is 66.7 cm³/mol. The topological polar surface area (TPSA) is 75.6 Å². The summed E-state index contributed by atoms with van der Waals surface area (Å²) < 4.78 is 39.6. The van der Waals surface area contributed by atoms with Crippen molar-refractivity contribution < 1.29 is 32.6 Å². The molecule has 0 radical (unpaired) electrons. The Bertz CT molecular complexity index is 499. The summed E-state index contributed by atoms with van der Waals surface area (Å²) in [5.41, 5.74) is 0.447. The molecule has 1 amide bonds. The third-order valence-electron chi connectivity index (χ3n) is 2.56. The summed E-state index contributed by atoms with van der Waals surface area (Å²) in [7, 11) is 0. The van der Waals surface area contributed by atoms with E-state index in [2.05, 4.69) is 10.1 Å². The van der Waals surface area contributed by atoms with Crippen molar-refractivity contribution in [2.75, 3.05) is 0 Å². The standard InChI is InChI=1S/C13H14F3NO4/c1-2-10(12(19)20)17-11(18)7-8-3-5-9(6-4-8)21-13(14,15)16/h3-6,10H,2,7H2,1H3,(H,17,18)(H,19,20). The van der Waals surface area contributed by atoms with Gasteiger partial charge in [0.1, 0.15) is 11.8 Å². The molecule has 0 aliphatic carbocycles. The molecule has 116 valence electrons. The Morgan fingerprint density at radius 1 is 1.29 bits per heavy atom. The number of carbonyl (C=O) groups excluding carboxylic acids is 1. The summed E-state index contributed by atoms with van der Waals surface area (Å²) in [5.74, 6) is -2.04. The molecule has 0 saturated carbocycles. The van der Waals surface area contributed by atoms with E-state index in [9.17, 15) is 22.8 Å². The first-order chi connectivity index (χ1) is 9.71. The van der Waals surface area contributed by atoms with Gasteiger partial charge in [-0.1, -0.05) is 19.1 Å². The normalized spacial score (nSPS) is 12.6. The van der Waals surface area contributed by atoms with Gasteiger partial charge in [0.15, 0.2) is 0 Å². The van der Waals surface area contributed by atoms with Gasteiger partial charge in [-0.05, 0) is 24.1 Å². The second kappa shape index (κ2) is 6.96. The first-order valence-corrected chi connectivity index (χ1v) is 6.08. The lowest BCUT2D eigenvalue weighted by molar-refractivity contribution is -0.274. The van der Waals surface area contributed by atoms with Crippen molar-refractivity contribution in [2.24, 2.45) is 0 Å². The minimum atomic E-state index is -4.77. The molecule has 0 fully saturated rings. The fraction of sp³-hybridized carbons (Fsp3) is 0.385. The number of aliphatic carboxylic acids is 1. The lowest BCUT2D eigenvalue weighted by Gasteiger charge is -2.12. The van der Waals surface area contributed by atoms with Crippen LogP contribution in [0.1, 0.15) is 18.9 Å². The number of carbonyl (C=O) groups is 2. The first-order valence-electron chi connectivity index (χ1n) is 6.08. The fourth-order valence-electron chi connectivity index (χ4n) is 1.58. The van der Waals surface area contributed by atoms with Crippen LogP contribution in [-0.2, 0) is 16.0 Å². The monoisotopic (exact) mass is 305 g/mol. The summed E-state index contributed by atoms with van der Waals surface area (Å²) in [4.78, 5) is 22.4. The molecule has 5 nitrogen and oxygen atoms in total. The Balaban J connectivity index is 2.59. The zero-order valence-electron chi connectivity index (χ0n) is 11.1. The number of benzene rings is 1. The van der Waals surface area contributed by atoms with E-state index in [0.29, 0.717) is 5.56 Å². The van der Waals surface area contributed by atoms with Gasteiger partial charge in [0, 0.05) is 0 Å². The molecule has 1 unspecified atom stereocenters. The molecule has 1 aromatic carbocycles. The number of rotatable bonds is 6. The fourth-order valence-corrected chi connectivity index (χ4v) is 1.58. The van der Waals surface area contributed by atoms with Crippen LogP contribution >= 0.6 is 0 Å². The van der Waals surface area contributed by atoms with Gasteiger partial charge in [-0.2, -0.15) is 0 Å². The highest BCUT2D eigenvalue weighted by atomic mass is 19.4. The maximum Gasteiger partial charge on any atom is 0.573 e. The van der Waals surface area contributed by atoms with E-state index in [0.717, 1.165) is 12.1 Å². The number of ether oxygens (including phenoxy) is 1. The summed E-state index contributed by atoms with van der Waals surface area (Å²) in [6.45, 7) is 1.61. The number of nitrogens with one attached hydrogen (secondary N) is 1. The largest absolute Gasteiger partial charge is 0.573 e. The van der Waals surface area contributed by atoms with Crippen LogP contribution in [0.25, 0.3) is 0 Å². The van der Waals surface area contributed by atoms with Gasteiger partial charge >= 0.3 is 12.3 Å². The van der Waals surface area contributed by atoms with Gasteiger partial charge in [0.2, 0.25) is 5.91 Å².